The summed E-state index contributed by atoms with van der Waals surface area (Å²) in [5, 5.41) is 2.64. The van der Waals surface area contributed by atoms with Gasteiger partial charge in [0, 0.05) is 22.3 Å². The van der Waals surface area contributed by atoms with Crippen molar-refractivity contribution in [2.75, 3.05) is 5.32 Å². The van der Waals surface area contributed by atoms with Crippen molar-refractivity contribution in [1.82, 2.24) is 0 Å². The van der Waals surface area contributed by atoms with Crippen molar-refractivity contribution in [2.45, 2.75) is 13.1 Å². The highest BCUT2D eigenvalue weighted by Crippen LogP contribution is 2.32. The van der Waals surface area contributed by atoms with Gasteiger partial charge in [0.15, 0.2) is 5.78 Å². The second kappa shape index (κ2) is 7.53. The van der Waals surface area contributed by atoms with Crippen LogP contribution in [0.5, 0.6) is 0 Å². The summed E-state index contributed by atoms with van der Waals surface area (Å²) in [6, 6.07) is 9.10. The molecule has 0 saturated heterocycles. The van der Waals surface area contributed by atoms with Crippen LogP contribution in [0, 0.1) is 0 Å². The van der Waals surface area contributed by atoms with Gasteiger partial charge in [0.2, 0.25) is 5.91 Å². The predicted octanol–water partition coefficient (Wildman–Crippen LogP) is 5.21. The lowest BCUT2D eigenvalue weighted by molar-refractivity contribution is -0.137. The van der Waals surface area contributed by atoms with Crippen molar-refractivity contribution < 1.29 is 22.8 Å². The normalized spacial score (nSPS) is 11.6. The first kappa shape index (κ1) is 18.7. The summed E-state index contributed by atoms with van der Waals surface area (Å²) in [5.74, 6) is -0.638. The molecule has 0 fully saturated rings. The Morgan fingerprint density at radius 1 is 1.08 bits per heavy atom. The Morgan fingerprint density at radius 3 is 2.28 bits per heavy atom. The lowest BCUT2D eigenvalue weighted by Gasteiger charge is -2.08. The summed E-state index contributed by atoms with van der Waals surface area (Å²) in [4.78, 5) is 23.0. The van der Waals surface area contributed by atoms with Crippen LogP contribution in [0.1, 0.15) is 28.4 Å². The van der Waals surface area contributed by atoms with E-state index in [4.69, 9.17) is 11.6 Å². The highest BCUT2D eigenvalue weighted by Gasteiger charge is 2.30. The van der Waals surface area contributed by atoms with Gasteiger partial charge < -0.3 is 5.32 Å². The average molecular weight is 368 g/mol. The minimum Gasteiger partial charge on any atom is -0.323 e. The number of halogens is 4. The molecule has 2 aromatic carbocycles. The van der Waals surface area contributed by atoms with Crippen molar-refractivity contribution in [2.24, 2.45) is 0 Å². The number of carbonyl (C=O) groups is 2. The molecule has 25 heavy (non-hydrogen) atoms. The van der Waals surface area contributed by atoms with Crippen LogP contribution in [-0.2, 0) is 11.0 Å². The molecule has 0 aliphatic heterocycles. The third kappa shape index (κ3) is 5.19. The number of Topliss-reactive ketones (excluding diaryl/α,β-unsaturated/α-hetero) is 1. The van der Waals surface area contributed by atoms with Crippen LogP contribution in [0.4, 0.5) is 18.9 Å². The van der Waals surface area contributed by atoms with Crippen LogP contribution in [0.3, 0.4) is 0 Å². The number of hydrogen-bond donors (Lipinski definition) is 1. The van der Waals surface area contributed by atoms with Gasteiger partial charge in [-0.05, 0) is 61.0 Å². The maximum Gasteiger partial charge on any atom is 0.416 e. The molecule has 3 nitrogen and oxygen atoms in total. The molecule has 1 N–H and O–H groups in total. The minimum atomic E-state index is -4.49. The Balaban J connectivity index is 2.11. The number of ketones is 1. The van der Waals surface area contributed by atoms with E-state index in [9.17, 15) is 22.8 Å². The molecule has 0 aliphatic carbocycles. The summed E-state index contributed by atoms with van der Waals surface area (Å²) >= 11 is 5.85. The molecule has 0 spiro atoms. The standard InChI is InChI=1S/C18H13ClF3NO2/c1-11(24)12-2-6-15(7-3-12)23-17(25)9-4-13-10-14(18(20,21)22)5-8-16(13)19/h2-10H,1H3,(H,23,25)/b9-4+. The molecule has 0 radical (unpaired) electrons. The SMILES string of the molecule is CC(=O)c1ccc(NC(=O)/C=C/c2cc(C(F)(F)F)ccc2Cl)cc1. The number of rotatable bonds is 4. The summed E-state index contributed by atoms with van der Waals surface area (Å²) < 4.78 is 38.1. The molecule has 130 valence electrons. The van der Waals surface area contributed by atoms with Gasteiger partial charge in [-0.25, -0.2) is 0 Å². The zero-order chi connectivity index (χ0) is 18.6. The zero-order valence-corrected chi connectivity index (χ0v) is 13.8. The largest absolute Gasteiger partial charge is 0.416 e. The van der Waals surface area contributed by atoms with Crippen molar-refractivity contribution in [1.29, 1.82) is 0 Å². The molecule has 0 unspecified atom stereocenters. The topological polar surface area (TPSA) is 46.2 Å². The number of benzene rings is 2. The van der Waals surface area contributed by atoms with Crippen molar-refractivity contribution in [3.63, 3.8) is 0 Å². The number of alkyl halides is 3. The van der Waals surface area contributed by atoms with Gasteiger partial charge in [-0.2, -0.15) is 13.2 Å². The van der Waals surface area contributed by atoms with E-state index in [-0.39, 0.29) is 16.4 Å². The van der Waals surface area contributed by atoms with E-state index in [0.717, 1.165) is 24.3 Å². The van der Waals surface area contributed by atoms with Gasteiger partial charge in [-0.1, -0.05) is 11.6 Å². The molecule has 7 heteroatoms. The second-order valence-electron chi connectivity index (χ2n) is 5.19. The van der Waals surface area contributed by atoms with Gasteiger partial charge in [0.25, 0.3) is 0 Å². The van der Waals surface area contributed by atoms with Crippen molar-refractivity contribution in [3.8, 4) is 0 Å². The fraction of sp³-hybridized carbons (Fsp3) is 0.111. The van der Waals surface area contributed by atoms with E-state index in [0.29, 0.717) is 11.3 Å². The average Bonchev–Trinajstić information content (AvgIpc) is 2.53. The molecular weight excluding hydrogens is 355 g/mol. The quantitative estimate of drug-likeness (QED) is 0.595. The molecule has 0 atom stereocenters. The predicted molar refractivity (Wildman–Crippen MR) is 90.6 cm³/mol. The highest BCUT2D eigenvalue weighted by atomic mass is 35.5. The van der Waals surface area contributed by atoms with E-state index >= 15 is 0 Å². The molecule has 2 aromatic rings. The number of nitrogens with one attached hydrogen (secondary N) is 1. The lowest BCUT2D eigenvalue weighted by Crippen LogP contribution is -2.08. The molecular formula is C18H13ClF3NO2. The lowest BCUT2D eigenvalue weighted by atomic mass is 10.1. The Bertz CT molecular complexity index is 827. The Hall–Kier alpha value is -2.60. The Morgan fingerprint density at radius 2 is 1.72 bits per heavy atom. The van der Waals surface area contributed by atoms with E-state index in [1.165, 1.54) is 13.0 Å². The molecule has 0 aliphatic rings. The first-order chi connectivity index (χ1) is 11.7. The third-order valence-electron chi connectivity index (χ3n) is 3.30. The van der Waals surface area contributed by atoms with Crippen LogP contribution in [-0.4, -0.2) is 11.7 Å². The summed E-state index contributed by atoms with van der Waals surface area (Å²) in [6.07, 6.45) is -2.20. The minimum absolute atomic E-state index is 0.0820. The Kier molecular flexibility index (Phi) is 5.64. The highest BCUT2D eigenvalue weighted by molar-refractivity contribution is 6.32. The van der Waals surface area contributed by atoms with Gasteiger partial charge in [0.1, 0.15) is 0 Å². The van der Waals surface area contributed by atoms with Crippen molar-refractivity contribution >= 4 is 35.1 Å². The van der Waals surface area contributed by atoms with Crippen LogP contribution in [0.2, 0.25) is 5.02 Å². The maximum atomic E-state index is 12.7. The molecule has 0 bridgehead atoms. The van der Waals surface area contributed by atoms with E-state index in [1.807, 2.05) is 0 Å². The molecule has 1 amide bonds. The van der Waals surface area contributed by atoms with Crippen molar-refractivity contribution in [3.05, 3.63) is 70.3 Å². The number of hydrogen-bond acceptors (Lipinski definition) is 2. The summed E-state index contributed by atoms with van der Waals surface area (Å²) in [7, 11) is 0. The van der Waals surface area contributed by atoms with Gasteiger partial charge in [-0.15, -0.1) is 0 Å². The number of anilines is 1. The zero-order valence-electron chi connectivity index (χ0n) is 13.0. The molecule has 0 aromatic heterocycles. The Labute approximate surface area is 147 Å². The maximum absolute atomic E-state index is 12.7. The van der Waals surface area contributed by atoms with E-state index < -0.39 is 17.6 Å². The first-order valence-electron chi connectivity index (χ1n) is 7.13. The van der Waals surface area contributed by atoms with Crippen LogP contribution < -0.4 is 5.32 Å². The van der Waals surface area contributed by atoms with E-state index in [2.05, 4.69) is 5.32 Å². The summed E-state index contributed by atoms with van der Waals surface area (Å²) in [6.45, 7) is 1.43. The smallest absolute Gasteiger partial charge is 0.323 e. The second-order valence-corrected chi connectivity index (χ2v) is 5.60. The van der Waals surface area contributed by atoms with Gasteiger partial charge in [-0.3, -0.25) is 9.59 Å². The van der Waals surface area contributed by atoms with Crippen LogP contribution in [0.15, 0.2) is 48.5 Å². The van der Waals surface area contributed by atoms with Gasteiger partial charge >= 0.3 is 6.18 Å². The summed E-state index contributed by atoms with van der Waals surface area (Å²) in [5.41, 5.74) is 0.189. The third-order valence-corrected chi connectivity index (χ3v) is 3.64. The molecule has 0 heterocycles. The fourth-order valence-electron chi connectivity index (χ4n) is 1.99. The van der Waals surface area contributed by atoms with Crippen LogP contribution >= 0.6 is 11.6 Å². The van der Waals surface area contributed by atoms with E-state index in [1.54, 1.807) is 24.3 Å². The fourth-order valence-corrected chi connectivity index (χ4v) is 2.17. The number of carbonyl (C=O) groups excluding carboxylic acids is 2. The monoisotopic (exact) mass is 367 g/mol. The first-order valence-corrected chi connectivity index (χ1v) is 7.51. The van der Waals surface area contributed by atoms with Crippen LogP contribution in [0.25, 0.3) is 6.08 Å². The molecule has 0 saturated carbocycles. The number of amides is 1. The molecule has 2 rings (SSSR count). The van der Waals surface area contributed by atoms with Gasteiger partial charge in [0.05, 0.1) is 5.56 Å².